The second-order valence-electron chi connectivity index (χ2n) is 4.73. The standard InChI is InChI=1S/C14H17N3O/c1-2-10-6-5-9-13(14(10)18)17-15-11-7-3-4-8-12(11)16-17/h5-6,9,18H,2-4,7-8H2,1H3. The Morgan fingerprint density at radius 2 is 1.83 bits per heavy atom. The molecular formula is C14H17N3O. The lowest BCUT2D eigenvalue weighted by Gasteiger charge is -2.06. The van der Waals surface area contributed by atoms with E-state index in [1.807, 2.05) is 25.1 Å². The fraction of sp³-hybridized carbons (Fsp3) is 0.429. The first-order valence-electron chi connectivity index (χ1n) is 6.56. The minimum absolute atomic E-state index is 0.298. The molecule has 0 saturated heterocycles. The second kappa shape index (κ2) is 4.44. The number of aromatic nitrogens is 3. The van der Waals surface area contributed by atoms with Crippen LogP contribution in [0.3, 0.4) is 0 Å². The van der Waals surface area contributed by atoms with E-state index in [0.717, 1.165) is 36.2 Å². The van der Waals surface area contributed by atoms with Crippen LogP contribution < -0.4 is 0 Å². The minimum atomic E-state index is 0.298. The Balaban J connectivity index is 2.07. The molecule has 4 heteroatoms. The van der Waals surface area contributed by atoms with Crippen molar-refractivity contribution in [1.82, 2.24) is 15.0 Å². The summed E-state index contributed by atoms with van der Waals surface area (Å²) >= 11 is 0. The molecule has 1 aromatic heterocycles. The van der Waals surface area contributed by atoms with Crippen molar-refractivity contribution in [2.75, 3.05) is 0 Å². The van der Waals surface area contributed by atoms with Crippen LogP contribution in [-0.2, 0) is 19.3 Å². The van der Waals surface area contributed by atoms with Crippen molar-refractivity contribution in [2.24, 2.45) is 0 Å². The van der Waals surface area contributed by atoms with Crippen molar-refractivity contribution < 1.29 is 5.11 Å². The highest BCUT2D eigenvalue weighted by molar-refractivity contribution is 5.49. The van der Waals surface area contributed by atoms with Gasteiger partial charge in [0.25, 0.3) is 0 Å². The van der Waals surface area contributed by atoms with Crippen molar-refractivity contribution in [3.63, 3.8) is 0 Å². The van der Waals surface area contributed by atoms with Gasteiger partial charge in [0.05, 0.1) is 11.4 Å². The maximum absolute atomic E-state index is 10.2. The monoisotopic (exact) mass is 243 g/mol. The van der Waals surface area contributed by atoms with Crippen LogP contribution in [-0.4, -0.2) is 20.1 Å². The van der Waals surface area contributed by atoms with E-state index in [1.165, 1.54) is 12.8 Å². The van der Waals surface area contributed by atoms with Gasteiger partial charge in [-0.2, -0.15) is 10.2 Å². The van der Waals surface area contributed by atoms with Gasteiger partial charge in [-0.15, -0.1) is 4.80 Å². The fourth-order valence-corrected chi connectivity index (χ4v) is 2.47. The normalized spacial score (nSPS) is 14.5. The first kappa shape index (κ1) is 11.3. The molecule has 1 heterocycles. The number of fused-ring (bicyclic) bond motifs is 1. The molecule has 1 aliphatic carbocycles. The number of aromatic hydroxyl groups is 1. The Morgan fingerprint density at radius 3 is 2.44 bits per heavy atom. The van der Waals surface area contributed by atoms with Gasteiger partial charge in [-0.1, -0.05) is 19.1 Å². The van der Waals surface area contributed by atoms with Crippen LogP contribution in [0.4, 0.5) is 0 Å². The number of rotatable bonds is 2. The third-order valence-corrected chi connectivity index (χ3v) is 3.54. The van der Waals surface area contributed by atoms with E-state index in [4.69, 9.17) is 0 Å². The van der Waals surface area contributed by atoms with Crippen molar-refractivity contribution in [1.29, 1.82) is 0 Å². The lowest BCUT2D eigenvalue weighted by atomic mass is 10.0. The minimum Gasteiger partial charge on any atom is -0.505 e. The molecule has 2 aromatic rings. The van der Waals surface area contributed by atoms with Crippen molar-refractivity contribution in [2.45, 2.75) is 39.0 Å². The quantitative estimate of drug-likeness (QED) is 0.881. The topological polar surface area (TPSA) is 50.9 Å². The zero-order valence-electron chi connectivity index (χ0n) is 10.6. The Morgan fingerprint density at radius 1 is 1.17 bits per heavy atom. The molecule has 0 radical (unpaired) electrons. The van der Waals surface area contributed by atoms with E-state index in [0.29, 0.717) is 11.4 Å². The molecule has 1 N–H and O–H groups in total. The summed E-state index contributed by atoms with van der Waals surface area (Å²) in [6, 6.07) is 5.73. The van der Waals surface area contributed by atoms with E-state index < -0.39 is 0 Å². The molecule has 1 aromatic carbocycles. The number of hydrogen-bond acceptors (Lipinski definition) is 3. The lowest BCUT2D eigenvalue weighted by molar-refractivity contribution is 0.461. The Bertz CT molecular complexity index is 551. The summed E-state index contributed by atoms with van der Waals surface area (Å²) in [7, 11) is 0. The maximum Gasteiger partial charge on any atom is 0.146 e. The highest BCUT2D eigenvalue weighted by Crippen LogP contribution is 2.27. The molecular weight excluding hydrogens is 226 g/mol. The molecule has 0 unspecified atom stereocenters. The first-order valence-corrected chi connectivity index (χ1v) is 6.56. The summed E-state index contributed by atoms with van der Waals surface area (Å²) in [5.41, 5.74) is 3.79. The summed E-state index contributed by atoms with van der Waals surface area (Å²) in [6.45, 7) is 2.03. The van der Waals surface area contributed by atoms with Crippen LogP contribution >= 0.6 is 0 Å². The van der Waals surface area contributed by atoms with Gasteiger partial charge in [-0.3, -0.25) is 0 Å². The van der Waals surface area contributed by atoms with Gasteiger partial charge < -0.3 is 5.11 Å². The number of para-hydroxylation sites is 1. The summed E-state index contributed by atoms with van der Waals surface area (Å²) in [4.78, 5) is 1.59. The number of aryl methyl sites for hydroxylation is 3. The smallest absolute Gasteiger partial charge is 0.146 e. The average Bonchev–Trinajstić information content (AvgIpc) is 2.82. The van der Waals surface area contributed by atoms with Crippen LogP contribution in [0.5, 0.6) is 5.75 Å². The highest BCUT2D eigenvalue weighted by atomic mass is 16.3. The zero-order valence-corrected chi connectivity index (χ0v) is 10.6. The molecule has 1 aliphatic rings. The molecule has 0 fully saturated rings. The highest BCUT2D eigenvalue weighted by Gasteiger charge is 2.17. The number of nitrogens with zero attached hydrogens (tertiary/aromatic N) is 3. The predicted octanol–water partition coefficient (Wildman–Crippen LogP) is 2.41. The van der Waals surface area contributed by atoms with Gasteiger partial charge in [0.2, 0.25) is 0 Å². The summed E-state index contributed by atoms with van der Waals surface area (Å²) in [6.07, 6.45) is 5.19. The summed E-state index contributed by atoms with van der Waals surface area (Å²) < 4.78 is 0. The van der Waals surface area contributed by atoms with Crippen LogP contribution in [0, 0.1) is 0 Å². The van der Waals surface area contributed by atoms with Gasteiger partial charge >= 0.3 is 0 Å². The molecule has 0 spiro atoms. The van der Waals surface area contributed by atoms with Gasteiger partial charge in [-0.25, -0.2) is 0 Å². The Hall–Kier alpha value is -1.84. The third kappa shape index (κ3) is 1.78. The van der Waals surface area contributed by atoms with Gasteiger partial charge in [0, 0.05) is 0 Å². The van der Waals surface area contributed by atoms with Crippen molar-refractivity contribution >= 4 is 0 Å². The van der Waals surface area contributed by atoms with Crippen LogP contribution in [0.15, 0.2) is 18.2 Å². The number of phenols is 1. The van der Waals surface area contributed by atoms with E-state index in [1.54, 1.807) is 4.80 Å². The molecule has 0 bridgehead atoms. The second-order valence-corrected chi connectivity index (χ2v) is 4.73. The molecule has 18 heavy (non-hydrogen) atoms. The average molecular weight is 243 g/mol. The molecule has 0 atom stereocenters. The van der Waals surface area contributed by atoms with Gasteiger partial charge in [0.15, 0.2) is 0 Å². The largest absolute Gasteiger partial charge is 0.505 e. The van der Waals surface area contributed by atoms with E-state index in [2.05, 4.69) is 10.2 Å². The van der Waals surface area contributed by atoms with Gasteiger partial charge in [0.1, 0.15) is 11.4 Å². The molecule has 3 rings (SSSR count). The zero-order chi connectivity index (χ0) is 12.5. The third-order valence-electron chi connectivity index (χ3n) is 3.54. The van der Waals surface area contributed by atoms with Gasteiger partial charge in [-0.05, 0) is 43.7 Å². The number of hydrogen-bond donors (Lipinski definition) is 1. The Kier molecular flexibility index (Phi) is 2.78. The molecule has 94 valence electrons. The van der Waals surface area contributed by atoms with Crippen LogP contribution in [0.2, 0.25) is 0 Å². The SMILES string of the molecule is CCc1cccc(-n2nc3c(n2)CCCC3)c1O. The molecule has 4 nitrogen and oxygen atoms in total. The van der Waals surface area contributed by atoms with Crippen LogP contribution in [0.25, 0.3) is 5.69 Å². The first-order chi connectivity index (χ1) is 8.79. The van der Waals surface area contributed by atoms with Crippen molar-refractivity contribution in [3.8, 4) is 11.4 Å². The van der Waals surface area contributed by atoms with Crippen molar-refractivity contribution in [3.05, 3.63) is 35.2 Å². The molecule has 0 saturated carbocycles. The van der Waals surface area contributed by atoms with E-state index >= 15 is 0 Å². The number of phenolic OH excluding ortho intramolecular Hbond substituents is 1. The Labute approximate surface area is 106 Å². The molecule has 0 amide bonds. The summed E-state index contributed by atoms with van der Waals surface area (Å²) in [5.74, 6) is 0.298. The van der Waals surface area contributed by atoms with Crippen LogP contribution in [0.1, 0.15) is 36.7 Å². The fourth-order valence-electron chi connectivity index (χ4n) is 2.47. The lowest BCUT2D eigenvalue weighted by Crippen LogP contribution is -2.01. The molecule has 0 aliphatic heterocycles. The summed E-state index contributed by atoms with van der Waals surface area (Å²) in [5, 5.41) is 19.2. The predicted molar refractivity (Wildman–Crippen MR) is 69.0 cm³/mol. The number of benzene rings is 1. The van der Waals surface area contributed by atoms with E-state index in [-0.39, 0.29) is 0 Å². The van der Waals surface area contributed by atoms with E-state index in [9.17, 15) is 5.11 Å². The maximum atomic E-state index is 10.2.